The summed E-state index contributed by atoms with van der Waals surface area (Å²) in [6.07, 6.45) is 1.72. The van der Waals surface area contributed by atoms with Gasteiger partial charge in [0.25, 0.3) is 5.91 Å². The van der Waals surface area contributed by atoms with Gasteiger partial charge < -0.3 is 29.2 Å². The molecule has 2 N–H and O–H groups in total. The van der Waals surface area contributed by atoms with Crippen LogP contribution >= 0.6 is 22.9 Å². The van der Waals surface area contributed by atoms with Gasteiger partial charge in [-0.2, -0.15) is 0 Å². The van der Waals surface area contributed by atoms with Crippen molar-refractivity contribution in [2.45, 2.75) is 45.3 Å². The fraction of sp³-hybridized carbons (Fsp3) is 0.407. The Bertz CT molecular complexity index is 1470. The number of halogens is 1. The maximum atomic E-state index is 13.5. The highest BCUT2D eigenvalue weighted by atomic mass is 35.5. The van der Waals surface area contributed by atoms with Crippen molar-refractivity contribution in [3.05, 3.63) is 57.8 Å². The Morgan fingerprint density at radius 3 is 2.72 bits per heavy atom. The molecule has 0 atom stereocenters. The third-order valence-corrected chi connectivity index (χ3v) is 8.05. The molecule has 0 radical (unpaired) electrons. The molecule has 0 bridgehead atoms. The highest BCUT2D eigenvalue weighted by Gasteiger charge is 2.26. The third kappa shape index (κ3) is 6.17. The van der Waals surface area contributed by atoms with Gasteiger partial charge in [-0.05, 0) is 57.0 Å². The van der Waals surface area contributed by atoms with E-state index in [0.717, 1.165) is 30.8 Å². The van der Waals surface area contributed by atoms with E-state index in [9.17, 15) is 9.59 Å². The van der Waals surface area contributed by atoms with Crippen molar-refractivity contribution in [2.75, 3.05) is 26.3 Å². The molecule has 1 aromatic carbocycles. The first-order valence-corrected chi connectivity index (χ1v) is 14.1. The second kappa shape index (κ2) is 11.9. The van der Waals surface area contributed by atoms with E-state index < -0.39 is 5.97 Å². The van der Waals surface area contributed by atoms with Crippen molar-refractivity contribution in [2.24, 2.45) is 0 Å². The van der Waals surface area contributed by atoms with E-state index in [1.165, 1.54) is 11.3 Å². The van der Waals surface area contributed by atoms with Gasteiger partial charge >= 0.3 is 5.97 Å². The maximum Gasteiger partial charge on any atom is 0.338 e. The largest absolute Gasteiger partial charge is 0.460 e. The van der Waals surface area contributed by atoms with E-state index in [1.807, 2.05) is 12.1 Å². The van der Waals surface area contributed by atoms with E-state index in [-0.39, 0.29) is 43.1 Å². The molecule has 0 unspecified atom stereocenters. The summed E-state index contributed by atoms with van der Waals surface area (Å²) < 4.78 is 13.0. The van der Waals surface area contributed by atoms with Crippen molar-refractivity contribution in [3.63, 3.8) is 0 Å². The van der Waals surface area contributed by atoms with Crippen LogP contribution in [0.1, 0.15) is 53.4 Å². The molecule has 1 aliphatic heterocycles. The third-order valence-electron chi connectivity index (χ3n) is 6.80. The minimum atomic E-state index is -0.570. The van der Waals surface area contributed by atoms with Crippen LogP contribution in [0.4, 0.5) is 0 Å². The summed E-state index contributed by atoms with van der Waals surface area (Å²) in [6, 6.07) is 10.9. The maximum absolute atomic E-state index is 13.5. The van der Waals surface area contributed by atoms with Crippen LogP contribution < -0.4 is 5.32 Å². The Kier molecular flexibility index (Phi) is 8.31. The summed E-state index contributed by atoms with van der Waals surface area (Å²) in [4.78, 5) is 33.7. The normalized spacial score (nSPS) is 14.8. The number of benzene rings is 1. The number of imidazole rings is 1. The topological polar surface area (TPSA) is 123 Å². The number of aliphatic hydroxyl groups is 1. The molecule has 206 valence electrons. The number of nitrogens with one attached hydrogen (secondary N) is 1. The highest BCUT2D eigenvalue weighted by Crippen LogP contribution is 2.32. The summed E-state index contributed by atoms with van der Waals surface area (Å²) in [5, 5.41) is 16.3. The summed E-state index contributed by atoms with van der Waals surface area (Å²) in [7, 11) is 0. The minimum Gasteiger partial charge on any atom is -0.460 e. The summed E-state index contributed by atoms with van der Waals surface area (Å²) in [5.41, 5.74) is 2.03. The number of rotatable bonds is 9. The zero-order chi connectivity index (χ0) is 27.5. The molecule has 3 aromatic heterocycles. The molecule has 1 saturated heterocycles. The second-order valence-electron chi connectivity index (χ2n) is 9.75. The van der Waals surface area contributed by atoms with Gasteiger partial charge in [0, 0.05) is 31.2 Å². The van der Waals surface area contributed by atoms with Crippen molar-refractivity contribution >= 4 is 45.8 Å². The number of hydrogen-bond acceptors (Lipinski definition) is 9. The standard InChI is InChI=1S/C27H30ClN5O5S/c1-16(2)32-9-7-18(8-10-32)29-26(35)25-30-20-13-17(27(36)37-12-11-34)3-4-21(20)33(25)15-19-14-22(38-31-19)23-5-6-24(28)39-23/h3-6,13-14,16,18,34H,7-12,15H2,1-2H3,(H,29,35). The van der Waals surface area contributed by atoms with Gasteiger partial charge in [-0.15, -0.1) is 11.3 Å². The average molecular weight is 572 g/mol. The van der Waals surface area contributed by atoms with Crippen molar-refractivity contribution in [3.8, 4) is 10.6 Å². The second-order valence-corrected chi connectivity index (χ2v) is 11.5. The Morgan fingerprint density at radius 1 is 1.23 bits per heavy atom. The Balaban J connectivity index is 1.43. The molecule has 0 saturated carbocycles. The van der Waals surface area contributed by atoms with Crippen molar-refractivity contribution in [1.29, 1.82) is 0 Å². The van der Waals surface area contributed by atoms with Crippen LogP contribution in [0.15, 0.2) is 40.9 Å². The number of fused-ring (bicyclic) bond motifs is 1. The van der Waals surface area contributed by atoms with Crippen molar-refractivity contribution < 1.29 is 24.0 Å². The van der Waals surface area contributed by atoms with Gasteiger partial charge in [0.05, 0.1) is 39.0 Å². The zero-order valence-electron chi connectivity index (χ0n) is 21.7. The Morgan fingerprint density at radius 2 is 2.03 bits per heavy atom. The van der Waals surface area contributed by atoms with Gasteiger partial charge in [-0.1, -0.05) is 16.8 Å². The number of piperidine rings is 1. The van der Waals surface area contributed by atoms with Gasteiger partial charge in [0.15, 0.2) is 11.6 Å². The van der Waals surface area contributed by atoms with Gasteiger partial charge in [0.1, 0.15) is 12.3 Å². The van der Waals surface area contributed by atoms with E-state index in [4.69, 9.17) is 26.0 Å². The molecule has 1 aliphatic rings. The number of amides is 1. The SMILES string of the molecule is CC(C)N1CCC(NC(=O)c2nc3cc(C(=O)OCCO)ccc3n2Cc2cc(-c3ccc(Cl)s3)on2)CC1. The zero-order valence-corrected chi connectivity index (χ0v) is 23.3. The highest BCUT2D eigenvalue weighted by molar-refractivity contribution is 7.19. The molecule has 12 heteroatoms. The van der Waals surface area contributed by atoms with Gasteiger partial charge in [-0.3, -0.25) is 4.79 Å². The summed E-state index contributed by atoms with van der Waals surface area (Å²) >= 11 is 7.46. The molecule has 39 heavy (non-hydrogen) atoms. The predicted molar refractivity (Wildman–Crippen MR) is 148 cm³/mol. The smallest absolute Gasteiger partial charge is 0.338 e. The molecule has 1 fully saturated rings. The number of ether oxygens (including phenoxy) is 1. The van der Waals surface area contributed by atoms with Crippen LogP contribution in [0.5, 0.6) is 0 Å². The molecule has 4 heterocycles. The number of carbonyl (C=O) groups is 2. The lowest BCUT2D eigenvalue weighted by molar-refractivity contribution is 0.0434. The monoisotopic (exact) mass is 571 g/mol. The molecule has 4 aromatic rings. The van der Waals surface area contributed by atoms with Crippen molar-refractivity contribution in [1.82, 2.24) is 24.9 Å². The lowest BCUT2D eigenvalue weighted by Crippen LogP contribution is -2.47. The fourth-order valence-corrected chi connectivity index (χ4v) is 5.72. The number of aliphatic hydroxyl groups excluding tert-OH is 1. The Labute approximate surface area is 234 Å². The molecule has 1 amide bonds. The summed E-state index contributed by atoms with van der Waals surface area (Å²) in [5.74, 6) is -0.0458. The molecule has 0 aliphatic carbocycles. The lowest BCUT2D eigenvalue weighted by Gasteiger charge is -2.34. The predicted octanol–water partition coefficient (Wildman–Crippen LogP) is 4.21. The van der Waals surface area contributed by atoms with E-state index >= 15 is 0 Å². The Hall–Kier alpha value is -3.25. The van der Waals surface area contributed by atoms with Gasteiger partial charge in [-0.25, -0.2) is 9.78 Å². The number of carbonyl (C=O) groups excluding carboxylic acids is 2. The van der Waals surface area contributed by atoms with Crippen LogP contribution in [0, 0.1) is 0 Å². The van der Waals surface area contributed by atoms with Crippen LogP contribution in [-0.2, 0) is 11.3 Å². The van der Waals surface area contributed by atoms with E-state index in [0.29, 0.717) is 32.9 Å². The van der Waals surface area contributed by atoms with E-state index in [2.05, 4.69) is 34.2 Å². The summed E-state index contributed by atoms with van der Waals surface area (Å²) in [6.45, 7) is 6.08. The lowest BCUT2D eigenvalue weighted by atomic mass is 10.0. The number of likely N-dealkylation sites (tertiary alicyclic amines) is 1. The molecular weight excluding hydrogens is 542 g/mol. The molecule has 10 nitrogen and oxygen atoms in total. The van der Waals surface area contributed by atoms with Gasteiger partial charge in [0.2, 0.25) is 0 Å². The first-order chi connectivity index (χ1) is 18.8. The first-order valence-electron chi connectivity index (χ1n) is 12.9. The quantitative estimate of drug-likeness (QED) is 0.287. The molecular formula is C27H30ClN5O5S. The van der Waals surface area contributed by atoms with Crippen LogP contribution in [0.3, 0.4) is 0 Å². The number of thiophene rings is 1. The molecule has 5 rings (SSSR count). The fourth-order valence-electron chi connectivity index (χ4n) is 4.73. The van der Waals surface area contributed by atoms with Crippen LogP contribution in [-0.4, -0.2) is 75.0 Å². The number of nitrogens with zero attached hydrogens (tertiary/aromatic N) is 4. The first kappa shape index (κ1) is 27.3. The minimum absolute atomic E-state index is 0.0482. The number of esters is 1. The number of aromatic nitrogens is 3. The van der Waals surface area contributed by atoms with Crippen LogP contribution in [0.2, 0.25) is 4.34 Å². The number of hydrogen-bond donors (Lipinski definition) is 2. The molecule has 0 spiro atoms. The average Bonchev–Trinajstić information content (AvgIpc) is 3.66. The van der Waals surface area contributed by atoms with Crippen LogP contribution in [0.25, 0.3) is 21.7 Å². The van der Waals surface area contributed by atoms with E-state index in [1.54, 1.807) is 28.8 Å².